The van der Waals surface area contributed by atoms with Crippen LogP contribution in [0.25, 0.3) is 22.8 Å². The molecule has 1 aromatic heterocycles. The molecule has 1 aliphatic carbocycles. The van der Waals surface area contributed by atoms with Crippen LogP contribution < -0.4 is 4.74 Å². The number of aliphatic hydroxyl groups is 1. The molecule has 2 aromatic carbocycles. The summed E-state index contributed by atoms with van der Waals surface area (Å²) >= 11 is 0. The summed E-state index contributed by atoms with van der Waals surface area (Å²) in [4.78, 5) is 7.03. The highest BCUT2D eigenvalue weighted by Crippen LogP contribution is 2.41. The second-order valence-corrected chi connectivity index (χ2v) is 8.78. The molecule has 0 bridgehead atoms. The molecule has 2 aliphatic rings. The Bertz CT molecular complexity index is 1180. The van der Waals surface area contributed by atoms with E-state index in [4.69, 9.17) is 9.26 Å². The Morgan fingerprint density at radius 2 is 2.12 bits per heavy atom. The second-order valence-electron chi connectivity index (χ2n) is 8.78. The number of nitrogens with zero attached hydrogens (tertiary/aromatic N) is 4. The van der Waals surface area contributed by atoms with Crippen LogP contribution in [0.1, 0.15) is 49.4 Å². The Morgan fingerprint density at radius 1 is 1.25 bits per heavy atom. The number of benzene rings is 2. The number of hydrogen-bond donors (Lipinski definition) is 1. The third kappa shape index (κ3) is 3.77. The lowest BCUT2D eigenvalue weighted by Crippen LogP contribution is -2.26. The fraction of sp³-hybridized carbons (Fsp3) is 0.400. The molecule has 1 unspecified atom stereocenters. The van der Waals surface area contributed by atoms with E-state index >= 15 is 0 Å². The maximum Gasteiger partial charge on any atom is 0.258 e. The minimum atomic E-state index is -0.224. The van der Waals surface area contributed by atoms with Gasteiger partial charge in [-0.25, -0.2) is 0 Å². The van der Waals surface area contributed by atoms with Gasteiger partial charge in [0.1, 0.15) is 11.8 Å². The van der Waals surface area contributed by atoms with Crippen molar-refractivity contribution in [3.8, 4) is 34.7 Å². The summed E-state index contributed by atoms with van der Waals surface area (Å²) in [7, 11) is 0. The highest BCUT2D eigenvalue weighted by molar-refractivity contribution is 5.67. The lowest BCUT2D eigenvalue weighted by Gasteiger charge is -2.24. The van der Waals surface area contributed by atoms with Gasteiger partial charge in [0, 0.05) is 30.3 Å². The number of ether oxygens (including phenoxy) is 1. The maximum absolute atomic E-state index is 9.95. The van der Waals surface area contributed by atoms with Gasteiger partial charge in [-0.15, -0.1) is 0 Å². The fourth-order valence-electron chi connectivity index (χ4n) is 4.83. The molecule has 32 heavy (non-hydrogen) atoms. The van der Waals surface area contributed by atoms with Gasteiger partial charge in [0.25, 0.3) is 5.89 Å². The molecule has 3 aromatic rings. The van der Waals surface area contributed by atoms with Gasteiger partial charge in [0.15, 0.2) is 0 Å². The fourth-order valence-corrected chi connectivity index (χ4v) is 4.83. The summed E-state index contributed by atoms with van der Waals surface area (Å²) in [5.41, 5.74) is 4.66. The van der Waals surface area contributed by atoms with Crippen molar-refractivity contribution in [2.24, 2.45) is 0 Å². The van der Waals surface area contributed by atoms with Crippen LogP contribution in [0.15, 0.2) is 40.9 Å². The summed E-state index contributed by atoms with van der Waals surface area (Å²) < 4.78 is 11.3. The SMILES string of the molecule is CC(C)Oc1ccc(-c2nc(-c3cccc4c3CCC4N3CC[C@@H](O)C3)no2)cc1C#N. The Morgan fingerprint density at radius 3 is 2.88 bits per heavy atom. The monoisotopic (exact) mass is 430 g/mol. The van der Waals surface area contributed by atoms with Crippen molar-refractivity contribution in [1.29, 1.82) is 5.26 Å². The molecule has 164 valence electrons. The predicted molar refractivity (Wildman–Crippen MR) is 119 cm³/mol. The van der Waals surface area contributed by atoms with E-state index in [1.807, 2.05) is 32.0 Å². The first-order valence-corrected chi connectivity index (χ1v) is 11.1. The van der Waals surface area contributed by atoms with Crippen LogP contribution >= 0.6 is 0 Å². The summed E-state index contributed by atoms with van der Waals surface area (Å²) in [6.07, 6.45) is 2.58. The summed E-state index contributed by atoms with van der Waals surface area (Å²) in [6.45, 7) is 5.51. The summed E-state index contributed by atoms with van der Waals surface area (Å²) in [6, 6.07) is 14.1. The average Bonchev–Trinajstić information content (AvgIpc) is 3.52. The third-order valence-corrected chi connectivity index (χ3v) is 6.25. The Hall–Kier alpha value is -3.21. The van der Waals surface area contributed by atoms with Gasteiger partial charge in [0.2, 0.25) is 5.82 Å². The first-order chi connectivity index (χ1) is 15.5. The lowest BCUT2D eigenvalue weighted by molar-refractivity contribution is 0.159. The Labute approximate surface area is 187 Å². The lowest BCUT2D eigenvalue weighted by atomic mass is 10.0. The third-order valence-electron chi connectivity index (χ3n) is 6.25. The van der Waals surface area contributed by atoms with E-state index in [2.05, 4.69) is 27.2 Å². The number of aromatic nitrogens is 2. The Kier molecular flexibility index (Phi) is 5.41. The minimum absolute atomic E-state index is 0.0178. The van der Waals surface area contributed by atoms with Crippen LogP contribution in [-0.4, -0.2) is 45.4 Å². The molecule has 1 N–H and O–H groups in total. The molecule has 7 heteroatoms. The number of likely N-dealkylation sites (tertiary alicyclic amines) is 1. The number of nitriles is 1. The molecule has 2 atom stereocenters. The van der Waals surface area contributed by atoms with Gasteiger partial charge >= 0.3 is 0 Å². The highest BCUT2D eigenvalue weighted by atomic mass is 16.5. The topological polar surface area (TPSA) is 95.4 Å². The van der Waals surface area contributed by atoms with Crippen molar-refractivity contribution in [3.63, 3.8) is 0 Å². The van der Waals surface area contributed by atoms with E-state index in [1.165, 1.54) is 11.1 Å². The number of β-amino-alcohol motifs (C(OH)–C–C–N with tert-alkyl or cyclic N) is 1. The van der Waals surface area contributed by atoms with Crippen molar-refractivity contribution < 1.29 is 14.4 Å². The molecule has 7 nitrogen and oxygen atoms in total. The smallest absolute Gasteiger partial charge is 0.258 e. The zero-order chi connectivity index (χ0) is 22.2. The van der Waals surface area contributed by atoms with Gasteiger partial charge in [-0.1, -0.05) is 23.4 Å². The van der Waals surface area contributed by atoms with Gasteiger partial charge in [-0.2, -0.15) is 10.2 Å². The number of rotatable bonds is 5. The van der Waals surface area contributed by atoms with E-state index in [-0.39, 0.29) is 12.2 Å². The molecule has 1 fully saturated rings. The number of aliphatic hydroxyl groups excluding tert-OH is 1. The van der Waals surface area contributed by atoms with E-state index < -0.39 is 0 Å². The normalized spacial score (nSPS) is 20.5. The number of fused-ring (bicyclic) bond motifs is 1. The molecule has 0 amide bonds. The van der Waals surface area contributed by atoms with Crippen LogP contribution in [0.3, 0.4) is 0 Å². The average molecular weight is 431 g/mol. The van der Waals surface area contributed by atoms with Crippen molar-refractivity contribution >= 4 is 0 Å². The predicted octanol–water partition coefficient (Wildman–Crippen LogP) is 4.12. The molecular formula is C25H26N4O3. The van der Waals surface area contributed by atoms with Crippen molar-refractivity contribution in [1.82, 2.24) is 15.0 Å². The van der Waals surface area contributed by atoms with Gasteiger partial charge in [-0.3, -0.25) is 4.90 Å². The van der Waals surface area contributed by atoms with Crippen LogP contribution in [0.4, 0.5) is 0 Å². The van der Waals surface area contributed by atoms with Crippen molar-refractivity contribution in [2.45, 2.75) is 51.4 Å². The van der Waals surface area contributed by atoms with E-state index in [1.54, 1.807) is 12.1 Å². The standard InChI is InChI=1S/C25H26N4O3/c1-15(2)31-23-9-6-16(12-17(23)13-26)25-27-24(28-32-25)21-5-3-4-20-19(21)7-8-22(20)29-11-10-18(30)14-29/h3-6,9,12,15,18,22,30H,7-8,10-11,14H2,1-2H3/t18-,22?/m1/s1. The first-order valence-electron chi connectivity index (χ1n) is 11.1. The van der Waals surface area contributed by atoms with Crippen LogP contribution in [-0.2, 0) is 6.42 Å². The molecule has 5 rings (SSSR count). The number of hydrogen-bond acceptors (Lipinski definition) is 7. The van der Waals surface area contributed by atoms with E-state index in [0.29, 0.717) is 34.6 Å². The molecule has 2 heterocycles. The largest absolute Gasteiger partial charge is 0.490 e. The minimum Gasteiger partial charge on any atom is -0.490 e. The summed E-state index contributed by atoms with van der Waals surface area (Å²) in [5.74, 6) is 1.48. The van der Waals surface area contributed by atoms with Gasteiger partial charge in [0.05, 0.1) is 17.8 Å². The Balaban J connectivity index is 1.44. The van der Waals surface area contributed by atoms with Crippen molar-refractivity contribution in [3.05, 3.63) is 53.1 Å². The molecular weight excluding hydrogens is 404 g/mol. The quantitative estimate of drug-likeness (QED) is 0.651. The zero-order valence-corrected chi connectivity index (χ0v) is 18.3. The molecule has 0 saturated carbocycles. The maximum atomic E-state index is 9.95. The van der Waals surface area contributed by atoms with Gasteiger partial charge in [-0.05, 0) is 62.4 Å². The van der Waals surface area contributed by atoms with Gasteiger partial charge < -0.3 is 14.4 Å². The van der Waals surface area contributed by atoms with E-state index in [9.17, 15) is 10.4 Å². The molecule has 0 radical (unpaired) electrons. The summed E-state index contributed by atoms with van der Waals surface area (Å²) in [5, 5.41) is 23.7. The molecule has 1 saturated heterocycles. The second kappa shape index (κ2) is 8.38. The zero-order valence-electron chi connectivity index (χ0n) is 18.3. The van der Waals surface area contributed by atoms with Crippen LogP contribution in [0, 0.1) is 11.3 Å². The molecule has 1 aliphatic heterocycles. The van der Waals surface area contributed by atoms with Crippen molar-refractivity contribution in [2.75, 3.05) is 13.1 Å². The van der Waals surface area contributed by atoms with E-state index in [0.717, 1.165) is 37.9 Å². The first kappa shape index (κ1) is 20.7. The highest BCUT2D eigenvalue weighted by Gasteiger charge is 2.34. The molecule has 0 spiro atoms. The van der Waals surface area contributed by atoms with Crippen LogP contribution in [0.2, 0.25) is 0 Å². The van der Waals surface area contributed by atoms with Crippen LogP contribution in [0.5, 0.6) is 5.75 Å².